The van der Waals surface area contributed by atoms with E-state index in [0.29, 0.717) is 13.2 Å². The summed E-state index contributed by atoms with van der Waals surface area (Å²) in [6.45, 7) is 4.91. The number of hydrogen-bond donors (Lipinski definition) is 2. The zero-order valence-corrected chi connectivity index (χ0v) is 6.76. The van der Waals surface area contributed by atoms with Gasteiger partial charge < -0.3 is 15.6 Å². The number of ether oxygens (including phenoxy) is 1. The van der Waals surface area contributed by atoms with Gasteiger partial charge in [-0.05, 0) is 13.3 Å². The average Bonchev–Trinajstić information content (AvgIpc) is 1.89. The van der Waals surface area contributed by atoms with E-state index in [1.807, 2.05) is 6.92 Å². The van der Waals surface area contributed by atoms with E-state index in [9.17, 15) is 0 Å². The molecule has 3 nitrogen and oxygen atoms in total. The SMILES string of the molecule is CCCOCC(C)(N)CO. The van der Waals surface area contributed by atoms with Crippen LogP contribution in [0.4, 0.5) is 0 Å². The summed E-state index contributed by atoms with van der Waals surface area (Å²) in [5.74, 6) is 0. The van der Waals surface area contributed by atoms with Gasteiger partial charge in [-0.1, -0.05) is 6.92 Å². The second-order valence-corrected chi connectivity index (χ2v) is 2.86. The molecule has 3 heteroatoms. The summed E-state index contributed by atoms with van der Waals surface area (Å²) in [4.78, 5) is 0. The van der Waals surface area contributed by atoms with Crippen LogP contribution in [0.1, 0.15) is 20.3 Å². The Hall–Kier alpha value is -0.120. The first-order valence-corrected chi connectivity index (χ1v) is 3.60. The largest absolute Gasteiger partial charge is 0.394 e. The third-order valence-electron chi connectivity index (χ3n) is 1.14. The van der Waals surface area contributed by atoms with Gasteiger partial charge in [0, 0.05) is 6.61 Å². The van der Waals surface area contributed by atoms with Crippen LogP contribution in [0.2, 0.25) is 0 Å². The predicted octanol–water partition coefficient (Wildman–Crippen LogP) is 0.123. The second-order valence-electron chi connectivity index (χ2n) is 2.86. The third-order valence-corrected chi connectivity index (χ3v) is 1.14. The molecule has 1 atom stereocenters. The molecule has 0 aliphatic carbocycles. The van der Waals surface area contributed by atoms with Crippen LogP contribution in [0, 0.1) is 0 Å². The summed E-state index contributed by atoms with van der Waals surface area (Å²) in [5, 5.41) is 8.69. The molecule has 0 radical (unpaired) electrons. The molecule has 1 unspecified atom stereocenters. The molecule has 0 saturated heterocycles. The Kier molecular flexibility index (Phi) is 4.60. The van der Waals surface area contributed by atoms with Crippen LogP contribution < -0.4 is 5.73 Å². The van der Waals surface area contributed by atoms with Crippen LogP contribution in [-0.4, -0.2) is 30.5 Å². The van der Waals surface area contributed by atoms with Crippen LogP contribution in [-0.2, 0) is 4.74 Å². The molecule has 62 valence electrons. The molecule has 0 aromatic carbocycles. The smallest absolute Gasteiger partial charge is 0.0665 e. The van der Waals surface area contributed by atoms with Gasteiger partial charge in [-0.3, -0.25) is 0 Å². The first kappa shape index (κ1) is 9.88. The van der Waals surface area contributed by atoms with Gasteiger partial charge in [0.1, 0.15) is 0 Å². The van der Waals surface area contributed by atoms with Crippen LogP contribution >= 0.6 is 0 Å². The fourth-order valence-electron chi connectivity index (χ4n) is 0.495. The summed E-state index contributed by atoms with van der Waals surface area (Å²) in [6, 6.07) is 0. The van der Waals surface area contributed by atoms with E-state index in [1.165, 1.54) is 0 Å². The van der Waals surface area contributed by atoms with Crippen LogP contribution in [0.5, 0.6) is 0 Å². The van der Waals surface area contributed by atoms with Gasteiger partial charge in [-0.2, -0.15) is 0 Å². The van der Waals surface area contributed by atoms with E-state index in [2.05, 4.69) is 0 Å². The molecular formula is C7H17NO2. The molecule has 0 amide bonds. The zero-order valence-electron chi connectivity index (χ0n) is 6.76. The molecule has 0 aliphatic rings. The maximum Gasteiger partial charge on any atom is 0.0665 e. The second kappa shape index (κ2) is 4.66. The van der Waals surface area contributed by atoms with E-state index in [4.69, 9.17) is 15.6 Å². The summed E-state index contributed by atoms with van der Waals surface area (Å²) in [5.41, 5.74) is 5.01. The highest BCUT2D eigenvalue weighted by molar-refractivity contribution is 4.75. The zero-order chi connectivity index (χ0) is 8.04. The van der Waals surface area contributed by atoms with Gasteiger partial charge in [-0.15, -0.1) is 0 Å². The fraction of sp³-hybridized carbons (Fsp3) is 1.00. The van der Waals surface area contributed by atoms with Gasteiger partial charge in [0.25, 0.3) is 0 Å². The molecule has 10 heavy (non-hydrogen) atoms. The van der Waals surface area contributed by atoms with Crippen LogP contribution in [0.15, 0.2) is 0 Å². The molecule has 0 saturated carbocycles. The molecule has 0 rings (SSSR count). The van der Waals surface area contributed by atoms with Crippen LogP contribution in [0.3, 0.4) is 0 Å². The minimum Gasteiger partial charge on any atom is -0.394 e. The van der Waals surface area contributed by atoms with Crippen molar-refractivity contribution in [2.45, 2.75) is 25.8 Å². The Bertz CT molecular complexity index is 83.7. The Morgan fingerprint density at radius 3 is 2.60 bits per heavy atom. The van der Waals surface area contributed by atoms with Crippen molar-refractivity contribution in [2.75, 3.05) is 19.8 Å². The predicted molar refractivity (Wildman–Crippen MR) is 40.8 cm³/mol. The lowest BCUT2D eigenvalue weighted by molar-refractivity contribution is 0.0634. The molecule has 0 fully saturated rings. The lowest BCUT2D eigenvalue weighted by Crippen LogP contribution is -2.44. The van der Waals surface area contributed by atoms with Gasteiger partial charge in [0.15, 0.2) is 0 Å². The van der Waals surface area contributed by atoms with Gasteiger partial charge in [0.05, 0.1) is 18.8 Å². The molecule has 3 N–H and O–H groups in total. The number of rotatable bonds is 5. The van der Waals surface area contributed by atoms with Gasteiger partial charge in [-0.25, -0.2) is 0 Å². The highest BCUT2D eigenvalue weighted by Gasteiger charge is 2.16. The van der Waals surface area contributed by atoms with E-state index >= 15 is 0 Å². The number of aliphatic hydroxyl groups is 1. The average molecular weight is 147 g/mol. The van der Waals surface area contributed by atoms with Crippen LogP contribution in [0.25, 0.3) is 0 Å². The molecule has 0 heterocycles. The quantitative estimate of drug-likeness (QED) is 0.543. The van der Waals surface area contributed by atoms with Crippen molar-refractivity contribution in [1.29, 1.82) is 0 Å². The molecular weight excluding hydrogens is 130 g/mol. The van der Waals surface area contributed by atoms with Crippen molar-refractivity contribution in [3.8, 4) is 0 Å². The standard InChI is InChI=1S/C7H17NO2/c1-3-4-10-6-7(2,8)5-9/h9H,3-6,8H2,1-2H3. The summed E-state index contributed by atoms with van der Waals surface area (Å²) >= 11 is 0. The highest BCUT2D eigenvalue weighted by atomic mass is 16.5. The Morgan fingerprint density at radius 1 is 1.60 bits per heavy atom. The van der Waals surface area contributed by atoms with Gasteiger partial charge in [0.2, 0.25) is 0 Å². The Morgan fingerprint density at radius 2 is 2.20 bits per heavy atom. The molecule has 0 aromatic rings. The van der Waals surface area contributed by atoms with E-state index in [-0.39, 0.29) is 6.61 Å². The molecule has 0 aromatic heterocycles. The summed E-state index contributed by atoms with van der Waals surface area (Å²) in [7, 11) is 0. The first-order chi connectivity index (χ1) is 4.62. The lowest BCUT2D eigenvalue weighted by atomic mass is 10.1. The minimum absolute atomic E-state index is 0.0310. The Balaban J connectivity index is 3.28. The fourth-order valence-corrected chi connectivity index (χ4v) is 0.495. The van der Waals surface area contributed by atoms with Crippen molar-refractivity contribution in [3.63, 3.8) is 0 Å². The number of nitrogens with two attached hydrogens (primary N) is 1. The minimum atomic E-state index is -0.574. The maximum atomic E-state index is 8.69. The lowest BCUT2D eigenvalue weighted by Gasteiger charge is -2.20. The summed E-state index contributed by atoms with van der Waals surface area (Å²) in [6.07, 6.45) is 0.988. The number of hydrogen-bond acceptors (Lipinski definition) is 3. The van der Waals surface area contributed by atoms with E-state index < -0.39 is 5.54 Å². The topological polar surface area (TPSA) is 55.5 Å². The van der Waals surface area contributed by atoms with Crippen molar-refractivity contribution < 1.29 is 9.84 Å². The van der Waals surface area contributed by atoms with Crippen molar-refractivity contribution in [3.05, 3.63) is 0 Å². The highest BCUT2D eigenvalue weighted by Crippen LogP contribution is 1.97. The first-order valence-electron chi connectivity index (χ1n) is 3.60. The summed E-state index contributed by atoms with van der Waals surface area (Å²) < 4.78 is 5.15. The molecule has 0 spiro atoms. The normalized spacial score (nSPS) is 16.8. The maximum absolute atomic E-state index is 8.69. The molecule has 0 aliphatic heterocycles. The van der Waals surface area contributed by atoms with Crippen molar-refractivity contribution in [2.24, 2.45) is 5.73 Å². The monoisotopic (exact) mass is 147 g/mol. The molecule has 0 bridgehead atoms. The number of aliphatic hydroxyl groups excluding tert-OH is 1. The van der Waals surface area contributed by atoms with Crippen molar-refractivity contribution in [1.82, 2.24) is 0 Å². The van der Waals surface area contributed by atoms with Crippen molar-refractivity contribution >= 4 is 0 Å². The Labute approximate surface area is 62.2 Å². The van der Waals surface area contributed by atoms with E-state index in [0.717, 1.165) is 6.42 Å². The van der Waals surface area contributed by atoms with Gasteiger partial charge >= 0.3 is 0 Å². The van der Waals surface area contributed by atoms with E-state index in [1.54, 1.807) is 6.92 Å². The third kappa shape index (κ3) is 4.73.